The second kappa shape index (κ2) is 7.09. The van der Waals surface area contributed by atoms with E-state index in [4.69, 9.17) is 4.74 Å². The number of rotatable bonds is 6. The van der Waals surface area contributed by atoms with Gasteiger partial charge in [-0.25, -0.2) is 0 Å². The Morgan fingerprint density at radius 1 is 1.29 bits per heavy atom. The molecule has 0 unspecified atom stereocenters. The Hall–Kier alpha value is -2.82. The zero-order chi connectivity index (χ0) is 15.1. The fourth-order valence-corrected chi connectivity index (χ4v) is 1.65. The number of amides is 1. The van der Waals surface area contributed by atoms with Crippen LogP contribution in [0.1, 0.15) is 11.1 Å². The number of ether oxygens (including phenoxy) is 1. The van der Waals surface area contributed by atoms with Crippen molar-refractivity contribution < 1.29 is 9.53 Å². The van der Waals surface area contributed by atoms with Crippen molar-refractivity contribution in [1.29, 1.82) is 0 Å². The first-order valence-electron chi connectivity index (χ1n) is 6.49. The van der Waals surface area contributed by atoms with Gasteiger partial charge in [-0.2, -0.15) is 0 Å². The first-order chi connectivity index (χ1) is 10.1. The molecule has 0 bridgehead atoms. The van der Waals surface area contributed by atoms with Crippen LogP contribution in [0, 0.1) is 6.92 Å². The smallest absolute Gasteiger partial charge is 0.276 e. The molecule has 0 fully saturated rings. The summed E-state index contributed by atoms with van der Waals surface area (Å²) in [7, 11) is 0. The topological polar surface area (TPSA) is 63.2 Å². The number of nitrogens with one attached hydrogen (secondary N) is 2. The maximum absolute atomic E-state index is 11.7. The molecular formula is C16H17N3O2. The van der Waals surface area contributed by atoms with Crippen LogP contribution in [0.2, 0.25) is 0 Å². The Balaban J connectivity index is 1.76. The molecule has 0 radical (unpaired) electrons. The highest BCUT2D eigenvalue weighted by Crippen LogP contribution is 2.11. The summed E-state index contributed by atoms with van der Waals surface area (Å²) in [5, 5.41) is 0. The van der Waals surface area contributed by atoms with Crippen LogP contribution >= 0.6 is 0 Å². The van der Waals surface area contributed by atoms with Crippen molar-refractivity contribution in [3.63, 3.8) is 0 Å². The number of nitrogens with zero attached hydrogens (tertiary/aromatic N) is 1. The molecule has 0 spiro atoms. The highest BCUT2D eigenvalue weighted by molar-refractivity contribution is 5.78. The average Bonchev–Trinajstić information content (AvgIpc) is 2.51. The van der Waals surface area contributed by atoms with Crippen LogP contribution in [0.25, 0.3) is 5.70 Å². The highest BCUT2D eigenvalue weighted by Gasteiger charge is 2.04. The Labute approximate surface area is 123 Å². The fourth-order valence-electron chi connectivity index (χ4n) is 1.65. The summed E-state index contributed by atoms with van der Waals surface area (Å²) in [5.74, 6) is 0.373. The van der Waals surface area contributed by atoms with Crippen molar-refractivity contribution in [1.82, 2.24) is 15.8 Å². The number of pyridine rings is 1. The van der Waals surface area contributed by atoms with Gasteiger partial charge in [-0.1, -0.05) is 18.7 Å². The summed E-state index contributed by atoms with van der Waals surface area (Å²) in [5.41, 5.74) is 7.70. The molecule has 1 heterocycles. The van der Waals surface area contributed by atoms with Crippen molar-refractivity contribution in [2.24, 2.45) is 0 Å². The maximum Gasteiger partial charge on any atom is 0.276 e. The van der Waals surface area contributed by atoms with E-state index in [1.807, 2.05) is 37.3 Å². The number of benzene rings is 1. The number of carbonyl (C=O) groups excluding carboxylic acids is 1. The summed E-state index contributed by atoms with van der Waals surface area (Å²) in [6.45, 7) is 5.71. The second-order valence-corrected chi connectivity index (χ2v) is 4.50. The Bertz CT molecular complexity index is 626. The van der Waals surface area contributed by atoms with Crippen LogP contribution in [0.3, 0.4) is 0 Å². The van der Waals surface area contributed by atoms with Crippen LogP contribution < -0.4 is 15.6 Å². The van der Waals surface area contributed by atoms with Gasteiger partial charge in [-0.15, -0.1) is 0 Å². The molecule has 1 aromatic heterocycles. The van der Waals surface area contributed by atoms with Gasteiger partial charge in [-0.3, -0.25) is 20.6 Å². The van der Waals surface area contributed by atoms with Gasteiger partial charge < -0.3 is 4.74 Å². The molecule has 1 amide bonds. The van der Waals surface area contributed by atoms with E-state index >= 15 is 0 Å². The molecule has 0 saturated heterocycles. The van der Waals surface area contributed by atoms with E-state index in [0.717, 1.165) is 11.1 Å². The van der Waals surface area contributed by atoms with Gasteiger partial charge in [0.2, 0.25) is 0 Å². The summed E-state index contributed by atoms with van der Waals surface area (Å²) < 4.78 is 5.39. The molecule has 108 valence electrons. The van der Waals surface area contributed by atoms with Gasteiger partial charge in [0.1, 0.15) is 5.75 Å². The van der Waals surface area contributed by atoms with Gasteiger partial charge >= 0.3 is 0 Å². The third-order valence-corrected chi connectivity index (χ3v) is 2.72. The molecule has 0 atom stereocenters. The molecule has 0 aliphatic rings. The Morgan fingerprint density at radius 3 is 2.86 bits per heavy atom. The Kier molecular flexibility index (Phi) is 4.93. The molecular weight excluding hydrogens is 266 g/mol. The third kappa shape index (κ3) is 4.65. The van der Waals surface area contributed by atoms with E-state index in [1.54, 1.807) is 18.5 Å². The van der Waals surface area contributed by atoms with E-state index in [2.05, 4.69) is 22.4 Å². The Morgan fingerprint density at radius 2 is 2.14 bits per heavy atom. The van der Waals surface area contributed by atoms with Crippen LogP contribution in [0.15, 0.2) is 55.4 Å². The van der Waals surface area contributed by atoms with E-state index in [1.165, 1.54) is 0 Å². The molecule has 21 heavy (non-hydrogen) atoms. The largest absolute Gasteiger partial charge is 0.484 e. The van der Waals surface area contributed by atoms with E-state index < -0.39 is 0 Å². The van der Waals surface area contributed by atoms with Crippen LogP contribution in [0.5, 0.6) is 5.75 Å². The lowest BCUT2D eigenvalue weighted by Crippen LogP contribution is -2.38. The van der Waals surface area contributed by atoms with Crippen molar-refractivity contribution in [3.05, 3.63) is 66.5 Å². The van der Waals surface area contributed by atoms with Crippen LogP contribution in [-0.2, 0) is 4.79 Å². The first-order valence-corrected chi connectivity index (χ1v) is 6.49. The minimum Gasteiger partial charge on any atom is -0.484 e. The average molecular weight is 283 g/mol. The number of aryl methyl sites for hydroxylation is 1. The molecule has 5 nitrogen and oxygen atoms in total. The molecule has 2 rings (SSSR count). The number of aromatic nitrogens is 1. The number of hydrogen-bond acceptors (Lipinski definition) is 4. The van der Waals surface area contributed by atoms with Crippen molar-refractivity contribution in [2.75, 3.05) is 6.61 Å². The number of hydrogen-bond donors (Lipinski definition) is 2. The second-order valence-electron chi connectivity index (χ2n) is 4.50. The molecule has 2 N–H and O–H groups in total. The van der Waals surface area contributed by atoms with Gasteiger partial charge in [0.15, 0.2) is 6.61 Å². The maximum atomic E-state index is 11.7. The number of carbonyl (C=O) groups is 1. The summed E-state index contributed by atoms with van der Waals surface area (Å²) >= 11 is 0. The highest BCUT2D eigenvalue weighted by atomic mass is 16.5. The van der Waals surface area contributed by atoms with Crippen molar-refractivity contribution >= 4 is 11.6 Å². The summed E-state index contributed by atoms with van der Waals surface area (Å²) in [6, 6.07) is 11.2. The summed E-state index contributed by atoms with van der Waals surface area (Å²) in [4.78, 5) is 15.7. The van der Waals surface area contributed by atoms with Gasteiger partial charge in [0.05, 0.1) is 5.70 Å². The van der Waals surface area contributed by atoms with Gasteiger partial charge in [0.25, 0.3) is 5.91 Å². The molecule has 0 saturated carbocycles. The van der Waals surface area contributed by atoms with E-state index in [-0.39, 0.29) is 12.5 Å². The predicted octanol–water partition coefficient (Wildman–Crippen LogP) is 2.06. The fraction of sp³-hybridized carbons (Fsp3) is 0.125. The third-order valence-electron chi connectivity index (χ3n) is 2.72. The van der Waals surface area contributed by atoms with Crippen LogP contribution in [0.4, 0.5) is 0 Å². The first kappa shape index (κ1) is 14.6. The summed E-state index contributed by atoms with van der Waals surface area (Å²) in [6.07, 6.45) is 3.33. The van der Waals surface area contributed by atoms with Gasteiger partial charge in [-0.05, 0) is 36.8 Å². The molecule has 5 heteroatoms. The lowest BCUT2D eigenvalue weighted by atomic mass is 10.2. The minimum atomic E-state index is -0.290. The normalized spacial score (nSPS) is 9.76. The zero-order valence-corrected chi connectivity index (χ0v) is 11.8. The molecule has 0 aliphatic heterocycles. The standard InChI is InChI=1S/C16H17N3O2/c1-12-5-3-7-15(9-12)21-11-16(20)19-18-13(2)14-6-4-8-17-10-14/h3-10,18H,2,11H2,1H3,(H,19,20). The van der Waals surface area contributed by atoms with E-state index in [0.29, 0.717) is 11.4 Å². The van der Waals surface area contributed by atoms with Gasteiger partial charge in [0, 0.05) is 18.0 Å². The lowest BCUT2D eigenvalue weighted by molar-refractivity contribution is -0.123. The quantitative estimate of drug-likeness (QED) is 0.797. The monoisotopic (exact) mass is 283 g/mol. The predicted molar refractivity (Wildman–Crippen MR) is 81.2 cm³/mol. The minimum absolute atomic E-state index is 0.0726. The SMILES string of the molecule is C=C(NNC(=O)COc1cccc(C)c1)c1cccnc1. The molecule has 2 aromatic rings. The molecule has 0 aliphatic carbocycles. The van der Waals surface area contributed by atoms with Crippen molar-refractivity contribution in [2.45, 2.75) is 6.92 Å². The zero-order valence-electron chi connectivity index (χ0n) is 11.8. The lowest BCUT2D eigenvalue weighted by Gasteiger charge is -2.11. The van der Waals surface area contributed by atoms with Crippen molar-refractivity contribution in [3.8, 4) is 5.75 Å². The number of hydrazine groups is 1. The van der Waals surface area contributed by atoms with E-state index in [9.17, 15) is 4.79 Å². The molecule has 1 aromatic carbocycles. The van der Waals surface area contributed by atoms with Crippen LogP contribution in [-0.4, -0.2) is 17.5 Å².